The van der Waals surface area contributed by atoms with Crippen molar-refractivity contribution in [2.24, 2.45) is 39.8 Å². The number of nitrogens with two attached hydrogens (primary N) is 4. The summed E-state index contributed by atoms with van der Waals surface area (Å²) in [5.74, 6) is -10.4. The minimum atomic E-state index is -1.60. The Morgan fingerprint density at radius 2 is 0.974 bits per heavy atom. The Morgan fingerprint density at radius 3 is 1.49 bits per heavy atom. The second-order valence-corrected chi connectivity index (χ2v) is 19.2. The zero-order valence-corrected chi connectivity index (χ0v) is 44.2. The number of nitrogens with one attached hydrogen (secondary N) is 9. The van der Waals surface area contributed by atoms with Gasteiger partial charge < -0.3 is 81.0 Å². The lowest BCUT2D eigenvalue weighted by Crippen LogP contribution is -2.59. The molecule has 0 aromatic heterocycles. The molecule has 19 N–H and O–H groups in total. The maximum atomic E-state index is 14.3. The fourth-order valence-electron chi connectivity index (χ4n) is 7.31. The molecule has 0 heterocycles. The van der Waals surface area contributed by atoms with Crippen LogP contribution in [0.15, 0.2) is 59.6 Å². The molecule has 2 aromatic rings. The molecule has 10 amide bonds. The van der Waals surface area contributed by atoms with Crippen LogP contribution in [0.2, 0.25) is 0 Å². The van der Waals surface area contributed by atoms with Gasteiger partial charge in [0, 0.05) is 19.4 Å². The predicted octanol–water partition coefficient (Wildman–Crippen LogP) is -3.72. The first-order chi connectivity index (χ1) is 36.1. The van der Waals surface area contributed by atoms with Crippen LogP contribution in [0.3, 0.4) is 0 Å². The van der Waals surface area contributed by atoms with Gasteiger partial charge in [0.2, 0.25) is 59.1 Å². The van der Waals surface area contributed by atoms with Crippen molar-refractivity contribution < 1.29 is 63.0 Å². The summed E-state index contributed by atoms with van der Waals surface area (Å²) < 4.78 is 0. The van der Waals surface area contributed by atoms with E-state index in [2.05, 4.69) is 52.8 Å². The lowest BCUT2D eigenvalue weighted by Gasteiger charge is -2.27. The number of rotatable bonds is 33. The minimum Gasteiger partial charge on any atom is -0.508 e. The van der Waals surface area contributed by atoms with Gasteiger partial charge in [-0.1, -0.05) is 70.2 Å². The average molecular weight is 1080 g/mol. The number of aliphatic carboxylic acids is 1. The van der Waals surface area contributed by atoms with Crippen LogP contribution >= 0.6 is 0 Å². The molecule has 2 rings (SSSR count). The molecule has 0 aliphatic heterocycles. The standard InChI is InChI=1S/C50H76N14O13/c1-26(2)19-34(42(52)70)60-40(67)25-56-45(73)36(21-30-11-8-7-9-12-30)62-44(72)29(6)58-48(76)37(22-31-14-16-32(65)17-15-31)64-49(77)35(20-27(3)4)63-47(75)33(13-10-18-55-50(53)54)59-39(66)24-57-46(74)38(23-41(68)69)61-43(71)28(5)51/h7-9,11-12,14-17,26-29,33-38,65H,10,13,18-25,51H2,1-6H3,(H2,52,70)(H,56,73)(H,57,74)(H,58,76)(H,59,66)(H,60,67)(H,61,71)(H,62,72)(H,63,75)(H,64,77)(H,68,69)(H4,53,54,55). The molecule has 27 nitrogen and oxygen atoms in total. The number of carboxylic acid groups (broad SMARTS) is 1. The molecule has 0 fully saturated rings. The highest BCUT2D eigenvalue weighted by atomic mass is 16.4. The van der Waals surface area contributed by atoms with Gasteiger partial charge in [0.1, 0.15) is 48.0 Å². The number of nitrogens with zero attached hydrogens (tertiary/aromatic N) is 1. The van der Waals surface area contributed by atoms with Crippen molar-refractivity contribution in [3.8, 4) is 5.75 Å². The second-order valence-electron chi connectivity index (χ2n) is 19.2. The first kappa shape index (κ1) is 64.8. The summed E-state index contributed by atoms with van der Waals surface area (Å²) in [6.45, 7) is 8.52. The van der Waals surface area contributed by atoms with Gasteiger partial charge in [-0.15, -0.1) is 0 Å². The lowest BCUT2D eigenvalue weighted by molar-refractivity contribution is -0.141. The average Bonchev–Trinajstić information content (AvgIpc) is 3.34. The highest BCUT2D eigenvalue weighted by Crippen LogP contribution is 2.14. The summed E-state index contributed by atoms with van der Waals surface area (Å²) in [4.78, 5) is 148. The summed E-state index contributed by atoms with van der Waals surface area (Å²) in [6.07, 6.45) is -0.782. The third kappa shape index (κ3) is 25.6. The number of hydrogen-bond acceptors (Lipinski definition) is 14. The molecule has 27 heteroatoms. The third-order valence-electron chi connectivity index (χ3n) is 11.3. The Balaban J connectivity index is 2.37. The van der Waals surface area contributed by atoms with E-state index in [4.69, 9.17) is 22.9 Å². The van der Waals surface area contributed by atoms with Gasteiger partial charge in [0.15, 0.2) is 5.96 Å². The van der Waals surface area contributed by atoms with Crippen LogP contribution in [-0.4, -0.2) is 149 Å². The van der Waals surface area contributed by atoms with Crippen LogP contribution in [0.25, 0.3) is 0 Å². The molecule has 8 unspecified atom stereocenters. The number of phenolic OH excluding ortho intramolecular Hbond substituents is 1. The smallest absolute Gasteiger partial charge is 0.305 e. The number of carboxylic acids is 1. The van der Waals surface area contributed by atoms with Crippen LogP contribution in [0, 0.1) is 11.8 Å². The minimum absolute atomic E-state index is 0.00293. The van der Waals surface area contributed by atoms with Crippen molar-refractivity contribution in [2.75, 3.05) is 19.6 Å². The number of carbonyl (C=O) groups is 11. The normalized spacial score (nSPS) is 14.0. The van der Waals surface area contributed by atoms with E-state index in [-0.39, 0.29) is 68.6 Å². The number of hydrogen-bond donors (Lipinski definition) is 15. The molecule has 8 atom stereocenters. The monoisotopic (exact) mass is 1080 g/mol. The topological polar surface area (TPSA) is 453 Å². The molecular weight excluding hydrogens is 1000 g/mol. The van der Waals surface area contributed by atoms with Gasteiger partial charge >= 0.3 is 5.97 Å². The van der Waals surface area contributed by atoms with E-state index in [1.54, 1.807) is 44.2 Å². The second kappa shape index (κ2) is 32.8. The van der Waals surface area contributed by atoms with E-state index in [1.807, 2.05) is 13.8 Å². The van der Waals surface area contributed by atoms with Crippen LogP contribution in [-0.2, 0) is 65.6 Å². The number of aliphatic imine (C=N–C) groups is 1. The van der Waals surface area contributed by atoms with Gasteiger partial charge in [-0.3, -0.25) is 57.7 Å². The fourth-order valence-corrected chi connectivity index (χ4v) is 7.31. The van der Waals surface area contributed by atoms with Crippen molar-refractivity contribution >= 4 is 71.0 Å². The van der Waals surface area contributed by atoms with E-state index in [0.29, 0.717) is 11.1 Å². The molecule has 0 radical (unpaired) electrons. The van der Waals surface area contributed by atoms with Gasteiger partial charge in [0.25, 0.3) is 0 Å². The number of primary amides is 1. The number of benzene rings is 2. The Morgan fingerprint density at radius 1 is 0.519 bits per heavy atom. The van der Waals surface area contributed by atoms with Crippen LogP contribution in [0.4, 0.5) is 0 Å². The number of aromatic hydroxyl groups is 1. The molecule has 424 valence electrons. The Bertz CT molecular complexity index is 2380. The molecule has 2 aromatic carbocycles. The largest absolute Gasteiger partial charge is 0.508 e. The molecule has 0 aliphatic rings. The molecule has 0 spiro atoms. The maximum Gasteiger partial charge on any atom is 0.305 e. The summed E-state index contributed by atoms with van der Waals surface area (Å²) in [7, 11) is 0. The number of phenols is 1. The van der Waals surface area contributed by atoms with Gasteiger partial charge in [-0.05, 0) is 74.6 Å². The Hall–Kier alpha value is -8.36. The molecule has 0 bridgehead atoms. The molecule has 0 saturated carbocycles. The summed E-state index contributed by atoms with van der Waals surface area (Å²) in [6, 6.07) is 3.87. The first-order valence-electron chi connectivity index (χ1n) is 24.9. The first-order valence-corrected chi connectivity index (χ1v) is 24.9. The summed E-state index contributed by atoms with van der Waals surface area (Å²) in [5.41, 5.74) is 23.0. The fraction of sp³-hybridized carbons (Fsp3) is 0.520. The third-order valence-corrected chi connectivity index (χ3v) is 11.3. The van der Waals surface area contributed by atoms with Gasteiger partial charge in [-0.2, -0.15) is 0 Å². The van der Waals surface area contributed by atoms with E-state index in [0.717, 1.165) is 0 Å². The SMILES string of the molecule is CC(C)CC(NC(=O)CNC(=O)C(Cc1ccccc1)NC(=O)C(C)NC(=O)C(Cc1ccc(O)cc1)NC(=O)C(CC(C)C)NC(=O)C(CCCN=C(N)N)NC(=O)CNC(=O)C(CC(=O)O)NC(=O)C(C)N)C(N)=O. The Labute approximate surface area is 446 Å². The van der Waals surface area contributed by atoms with Gasteiger partial charge in [-0.25, -0.2) is 0 Å². The maximum absolute atomic E-state index is 14.3. The van der Waals surface area contributed by atoms with E-state index >= 15 is 0 Å². The van der Waals surface area contributed by atoms with Crippen LogP contribution in [0.1, 0.15) is 84.8 Å². The van der Waals surface area contributed by atoms with Crippen LogP contribution < -0.4 is 70.8 Å². The zero-order chi connectivity index (χ0) is 57.9. The predicted molar refractivity (Wildman–Crippen MR) is 281 cm³/mol. The van der Waals surface area contributed by atoms with E-state index in [9.17, 15) is 63.0 Å². The van der Waals surface area contributed by atoms with Crippen molar-refractivity contribution in [3.63, 3.8) is 0 Å². The number of amides is 10. The van der Waals surface area contributed by atoms with Crippen molar-refractivity contribution in [1.82, 2.24) is 47.9 Å². The summed E-state index contributed by atoms with van der Waals surface area (Å²) >= 11 is 0. The van der Waals surface area contributed by atoms with Gasteiger partial charge in [0.05, 0.1) is 25.6 Å². The van der Waals surface area contributed by atoms with Crippen molar-refractivity contribution in [1.29, 1.82) is 0 Å². The molecule has 0 saturated heterocycles. The molecule has 0 aliphatic carbocycles. The van der Waals surface area contributed by atoms with E-state index < -0.39 is 133 Å². The quantitative estimate of drug-likeness (QED) is 0.0186. The van der Waals surface area contributed by atoms with Crippen molar-refractivity contribution in [2.45, 2.75) is 135 Å². The van der Waals surface area contributed by atoms with E-state index in [1.165, 1.54) is 38.1 Å². The highest BCUT2D eigenvalue weighted by molar-refractivity contribution is 5.98. The van der Waals surface area contributed by atoms with Crippen molar-refractivity contribution in [3.05, 3.63) is 65.7 Å². The molecular formula is C50H76N14O13. The number of guanidine groups is 1. The Kier molecular flexibility index (Phi) is 27.6. The lowest BCUT2D eigenvalue weighted by atomic mass is 10.00. The summed E-state index contributed by atoms with van der Waals surface area (Å²) in [5, 5.41) is 41.6. The highest BCUT2D eigenvalue weighted by Gasteiger charge is 2.33. The molecule has 77 heavy (non-hydrogen) atoms. The van der Waals surface area contributed by atoms with Crippen LogP contribution in [0.5, 0.6) is 5.75 Å². The zero-order valence-electron chi connectivity index (χ0n) is 44.2. The number of carbonyl (C=O) groups excluding carboxylic acids is 10.